The first kappa shape index (κ1) is 19.6. The Bertz CT molecular complexity index is 1180. The summed E-state index contributed by atoms with van der Waals surface area (Å²) in [6.07, 6.45) is 2.04. The van der Waals surface area contributed by atoms with Crippen LogP contribution in [0.1, 0.15) is 24.5 Å². The number of pyridine rings is 1. The maximum Gasteiger partial charge on any atom is 0.258 e. The van der Waals surface area contributed by atoms with Crippen LogP contribution in [0, 0.1) is 0 Å². The van der Waals surface area contributed by atoms with E-state index in [1.165, 1.54) is 6.21 Å². The van der Waals surface area contributed by atoms with Crippen molar-refractivity contribution in [1.82, 2.24) is 4.98 Å². The van der Waals surface area contributed by atoms with Gasteiger partial charge in [0.25, 0.3) is 5.56 Å². The van der Waals surface area contributed by atoms with E-state index in [1.807, 2.05) is 6.07 Å². The summed E-state index contributed by atoms with van der Waals surface area (Å²) >= 11 is 0. The number of hydrogen-bond donors (Lipinski definition) is 3. The molecule has 0 atom stereocenters. The monoisotopic (exact) mass is 399 g/mol. The number of aromatic amines is 1. The van der Waals surface area contributed by atoms with Crippen molar-refractivity contribution < 1.29 is 13.5 Å². The molecule has 0 radical (unpaired) electrons. The molecule has 0 aliphatic carbocycles. The highest BCUT2D eigenvalue weighted by Crippen LogP contribution is 2.20. The Hall–Kier alpha value is -3.13. The van der Waals surface area contributed by atoms with E-state index in [-0.39, 0.29) is 23.7 Å². The molecule has 28 heavy (non-hydrogen) atoms. The third-order valence-electron chi connectivity index (χ3n) is 4.12. The van der Waals surface area contributed by atoms with Gasteiger partial charge in [-0.15, -0.1) is 0 Å². The molecule has 0 saturated heterocycles. The summed E-state index contributed by atoms with van der Waals surface area (Å²) in [6, 6.07) is 13.9. The lowest BCUT2D eigenvalue weighted by Crippen LogP contribution is -2.16. The van der Waals surface area contributed by atoms with Gasteiger partial charge in [0.05, 0.1) is 17.9 Å². The van der Waals surface area contributed by atoms with Crippen LogP contribution in [0.15, 0.2) is 58.3 Å². The minimum atomic E-state index is -3.35. The minimum absolute atomic E-state index is 0.0634. The second kappa shape index (κ2) is 8.26. The molecule has 0 bridgehead atoms. The highest BCUT2D eigenvalue weighted by molar-refractivity contribution is 7.92. The molecule has 0 fully saturated rings. The van der Waals surface area contributed by atoms with Crippen LogP contribution in [0.4, 0.5) is 5.69 Å². The van der Waals surface area contributed by atoms with E-state index in [0.717, 1.165) is 5.56 Å². The summed E-state index contributed by atoms with van der Waals surface area (Å²) < 4.78 is 26.4. The van der Waals surface area contributed by atoms with Crippen LogP contribution in [0.3, 0.4) is 0 Å². The highest BCUT2D eigenvalue weighted by Gasteiger charge is 2.10. The largest absolute Gasteiger partial charge is 0.494 e. The zero-order valence-electron chi connectivity index (χ0n) is 15.3. The molecule has 2 aromatic carbocycles. The lowest BCUT2D eigenvalue weighted by molar-refractivity contribution is 0.452. The standard InChI is InChI=1S/C20H21N3O4S/c1-2-10-28(26,27)23-15-7-5-6-14(11-15)12-21-13-18-16-8-3-4-9-17(16)19(24)22-20(18)25/h3-9,11,13,23H,2,10,12H2,1H3,(H2,22,24,25). The van der Waals surface area contributed by atoms with Gasteiger partial charge in [0, 0.05) is 22.7 Å². The van der Waals surface area contributed by atoms with Crippen molar-refractivity contribution in [2.24, 2.45) is 4.99 Å². The number of nitrogens with zero attached hydrogens (tertiary/aromatic N) is 1. The van der Waals surface area contributed by atoms with Crippen molar-refractivity contribution >= 4 is 32.7 Å². The fourth-order valence-electron chi connectivity index (χ4n) is 2.89. The number of rotatable bonds is 7. The first-order chi connectivity index (χ1) is 13.4. The van der Waals surface area contributed by atoms with Gasteiger partial charge in [0.1, 0.15) is 0 Å². The summed E-state index contributed by atoms with van der Waals surface area (Å²) in [5.41, 5.74) is 1.35. The summed E-state index contributed by atoms with van der Waals surface area (Å²) in [7, 11) is -3.35. The predicted molar refractivity (Wildman–Crippen MR) is 112 cm³/mol. The number of H-pyrrole nitrogens is 1. The van der Waals surface area contributed by atoms with Crippen molar-refractivity contribution in [2.45, 2.75) is 19.9 Å². The number of hydrogen-bond acceptors (Lipinski definition) is 5. The average molecular weight is 399 g/mol. The minimum Gasteiger partial charge on any atom is -0.494 e. The SMILES string of the molecule is CCCS(=O)(=O)Nc1cccc(CN=Cc2c(O)[nH]c(=O)c3ccccc23)c1. The summed E-state index contributed by atoms with van der Waals surface area (Å²) in [5, 5.41) is 11.2. The van der Waals surface area contributed by atoms with Gasteiger partial charge in [0.15, 0.2) is 0 Å². The lowest BCUT2D eigenvalue weighted by Gasteiger charge is -2.08. The normalized spacial score (nSPS) is 11.9. The van der Waals surface area contributed by atoms with Crippen molar-refractivity contribution in [2.75, 3.05) is 10.5 Å². The van der Waals surface area contributed by atoms with Crippen molar-refractivity contribution in [1.29, 1.82) is 0 Å². The molecule has 0 spiro atoms. The van der Waals surface area contributed by atoms with Crippen LogP contribution in [0.5, 0.6) is 5.88 Å². The first-order valence-electron chi connectivity index (χ1n) is 8.83. The average Bonchev–Trinajstić information content (AvgIpc) is 2.64. The molecule has 146 valence electrons. The van der Waals surface area contributed by atoms with Crippen LogP contribution in [-0.4, -0.2) is 30.5 Å². The molecule has 7 nitrogen and oxygen atoms in total. The fourth-order valence-corrected chi connectivity index (χ4v) is 4.02. The molecule has 0 aliphatic rings. The molecule has 0 amide bonds. The Morgan fingerprint density at radius 3 is 2.64 bits per heavy atom. The number of aliphatic imine (C=N–C) groups is 1. The molecule has 1 heterocycles. The van der Waals surface area contributed by atoms with E-state index in [1.54, 1.807) is 49.4 Å². The molecular formula is C20H21N3O4S. The molecule has 0 unspecified atom stereocenters. The topological polar surface area (TPSA) is 112 Å². The van der Waals surface area contributed by atoms with Crippen LogP contribution < -0.4 is 10.3 Å². The van der Waals surface area contributed by atoms with E-state index in [0.29, 0.717) is 28.4 Å². The van der Waals surface area contributed by atoms with E-state index in [2.05, 4.69) is 14.7 Å². The quantitative estimate of drug-likeness (QED) is 0.530. The van der Waals surface area contributed by atoms with E-state index in [9.17, 15) is 18.3 Å². The van der Waals surface area contributed by atoms with Crippen LogP contribution in [-0.2, 0) is 16.6 Å². The number of aromatic hydroxyl groups is 1. The van der Waals surface area contributed by atoms with Crippen molar-refractivity contribution in [3.05, 3.63) is 70.0 Å². The van der Waals surface area contributed by atoms with Gasteiger partial charge >= 0.3 is 0 Å². The Morgan fingerprint density at radius 2 is 1.89 bits per heavy atom. The predicted octanol–water partition coefficient (Wildman–Crippen LogP) is 3.00. The van der Waals surface area contributed by atoms with Crippen LogP contribution in [0.2, 0.25) is 0 Å². The third kappa shape index (κ3) is 4.58. The molecule has 3 N–H and O–H groups in total. The number of anilines is 1. The maximum absolute atomic E-state index is 11.9. The number of fused-ring (bicyclic) bond motifs is 1. The fraction of sp³-hybridized carbons (Fsp3) is 0.200. The molecule has 3 rings (SSSR count). The lowest BCUT2D eigenvalue weighted by atomic mass is 10.1. The van der Waals surface area contributed by atoms with Gasteiger partial charge in [0.2, 0.25) is 15.9 Å². The number of aromatic nitrogens is 1. The highest BCUT2D eigenvalue weighted by atomic mass is 32.2. The van der Waals surface area contributed by atoms with Crippen LogP contribution >= 0.6 is 0 Å². The second-order valence-electron chi connectivity index (χ2n) is 6.35. The van der Waals surface area contributed by atoms with Gasteiger partial charge in [-0.2, -0.15) is 0 Å². The maximum atomic E-state index is 11.9. The molecule has 3 aromatic rings. The summed E-state index contributed by atoms with van der Waals surface area (Å²) in [5.74, 6) is -0.179. The Morgan fingerprint density at radius 1 is 1.14 bits per heavy atom. The first-order valence-corrected chi connectivity index (χ1v) is 10.5. The molecule has 0 aliphatic heterocycles. The summed E-state index contributed by atoms with van der Waals surface area (Å²) in [6.45, 7) is 2.09. The second-order valence-corrected chi connectivity index (χ2v) is 8.19. The molecule has 8 heteroatoms. The van der Waals surface area contributed by atoms with E-state index < -0.39 is 10.0 Å². The Balaban J connectivity index is 1.82. The third-order valence-corrected chi connectivity index (χ3v) is 5.61. The Kier molecular flexibility index (Phi) is 5.79. The molecule has 0 saturated carbocycles. The zero-order valence-corrected chi connectivity index (χ0v) is 16.2. The van der Waals surface area contributed by atoms with Gasteiger partial charge in [-0.1, -0.05) is 37.3 Å². The number of sulfonamides is 1. The molecular weight excluding hydrogens is 378 g/mol. The van der Waals surface area contributed by atoms with E-state index >= 15 is 0 Å². The zero-order chi connectivity index (χ0) is 20.1. The number of nitrogens with one attached hydrogen (secondary N) is 2. The summed E-state index contributed by atoms with van der Waals surface area (Å²) in [4.78, 5) is 18.7. The van der Waals surface area contributed by atoms with Crippen molar-refractivity contribution in [3.8, 4) is 5.88 Å². The smallest absolute Gasteiger partial charge is 0.258 e. The Labute approximate surface area is 162 Å². The van der Waals surface area contributed by atoms with E-state index in [4.69, 9.17) is 0 Å². The van der Waals surface area contributed by atoms with Gasteiger partial charge in [-0.3, -0.25) is 19.5 Å². The van der Waals surface area contributed by atoms with Gasteiger partial charge < -0.3 is 5.11 Å². The van der Waals surface area contributed by atoms with Gasteiger partial charge in [-0.05, 0) is 30.2 Å². The number of benzene rings is 2. The van der Waals surface area contributed by atoms with Crippen LogP contribution in [0.25, 0.3) is 10.8 Å². The van der Waals surface area contributed by atoms with Crippen molar-refractivity contribution in [3.63, 3.8) is 0 Å². The molecule has 1 aromatic heterocycles. The van der Waals surface area contributed by atoms with Gasteiger partial charge in [-0.25, -0.2) is 8.42 Å².